The van der Waals surface area contributed by atoms with Crippen molar-refractivity contribution in [2.24, 2.45) is 5.73 Å². The van der Waals surface area contributed by atoms with Crippen LogP contribution in [0.2, 0.25) is 5.02 Å². The molecule has 1 aromatic heterocycles. The largest absolute Gasteiger partial charge is 0.323 e. The van der Waals surface area contributed by atoms with Crippen LogP contribution < -0.4 is 5.73 Å². The number of benzene rings is 1. The SMILES string of the molecule is Cc1ccc(CC(N)c2sccc2Cl)cc1C. The van der Waals surface area contributed by atoms with E-state index in [1.54, 1.807) is 11.3 Å². The topological polar surface area (TPSA) is 26.0 Å². The van der Waals surface area contributed by atoms with E-state index in [1.807, 2.05) is 11.4 Å². The predicted molar refractivity (Wildman–Crippen MR) is 75.9 cm³/mol. The van der Waals surface area contributed by atoms with E-state index in [4.69, 9.17) is 17.3 Å². The molecular weight excluding hydrogens is 250 g/mol. The molecule has 1 aromatic carbocycles. The Balaban J connectivity index is 2.16. The fourth-order valence-corrected chi connectivity index (χ4v) is 3.05. The molecule has 0 radical (unpaired) electrons. The molecule has 2 aromatic rings. The van der Waals surface area contributed by atoms with E-state index in [-0.39, 0.29) is 6.04 Å². The van der Waals surface area contributed by atoms with Crippen LogP contribution >= 0.6 is 22.9 Å². The van der Waals surface area contributed by atoms with Gasteiger partial charge in [-0.25, -0.2) is 0 Å². The molecule has 0 spiro atoms. The van der Waals surface area contributed by atoms with E-state index < -0.39 is 0 Å². The number of nitrogens with two attached hydrogens (primary N) is 1. The highest BCUT2D eigenvalue weighted by Gasteiger charge is 2.12. The summed E-state index contributed by atoms with van der Waals surface area (Å²) in [5.41, 5.74) is 10.1. The molecular formula is C14H16ClNS. The minimum Gasteiger partial charge on any atom is -0.323 e. The summed E-state index contributed by atoms with van der Waals surface area (Å²) in [5, 5.41) is 2.77. The number of rotatable bonds is 3. The number of aryl methyl sites for hydroxylation is 2. The summed E-state index contributed by atoms with van der Waals surface area (Å²) < 4.78 is 0. The zero-order chi connectivity index (χ0) is 12.4. The van der Waals surface area contributed by atoms with Gasteiger partial charge in [-0.1, -0.05) is 29.8 Å². The van der Waals surface area contributed by atoms with Gasteiger partial charge in [0.25, 0.3) is 0 Å². The van der Waals surface area contributed by atoms with Gasteiger partial charge in [0.1, 0.15) is 0 Å². The van der Waals surface area contributed by atoms with E-state index in [1.165, 1.54) is 16.7 Å². The number of hydrogen-bond donors (Lipinski definition) is 1. The Morgan fingerprint density at radius 3 is 2.59 bits per heavy atom. The first-order valence-electron chi connectivity index (χ1n) is 5.62. The summed E-state index contributed by atoms with van der Waals surface area (Å²) in [6, 6.07) is 8.39. The van der Waals surface area contributed by atoms with Gasteiger partial charge < -0.3 is 5.73 Å². The van der Waals surface area contributed by atoms with E-state index in [0.29, 0.717) is 0 Å². The van der Waals surface area contributed by atoms with Gasteiger partial charge in [-0.2, -0.15) is 0 Å². The average Bonchev–Trinajstić information content (AvgIpc) is 2.70. The molecule has 1 heterocycles. The summed E-state index contributed by atoms with van der Waals surface area (Å²) in [6.07, 6.45) is 0.835. The minimum atomic E-state index is -0.00962. The molecule has 0 saturated carbocycles. The Bertz CT molecular complexity index is 519. The van der Waals surface area contributed by atoms with Gasteiger partial charge in [-0.05, 0) is 48.4 Å². The van der Waals surface area contributed by atoms with Crippen molar-refractivity contribution in [3.8, 4) is 0 Å². The molecule has 1 unspecified atom stereocenters. The van der Waals surface area contributed by atoms with Crippen LogP contribution in [-0.4, -0.2) is 0 Å². The predicted octanol–water partition coefficient (Wildman–Crippen LogP) is 4.26. The second-order valence-corrected chi connectivity index (χ2v) is 5.72. The van der Waals surface area contributed by atoms with Crippen LogP contribution in [0.3, 0.4) is 0 Å². The third kappa shape index (κ3) is 2.89. The maximum Gasteiger partial charge on any atom is 0.0561 e. The van der Waals surface area contributed by atoms with E-state index in [2.05, 4.69) is 32.0 Å². The second-order valence-electron chi connectivity index (χ2n) is 4.36. The number of halogens is 1. The molecule has 1 nitrogen and oxygen atoms in total. The van der Waals surface area contributed by atoms with Gasteiger partial charge in [0.05, 0.1) is 5.02 Å². The van der Waals surface area contributed by atoms with Crippen molar-refractivity contribution < 1.29 is 0 Å². The Morgan fingerprint density at radius 1 is 1.24 bits per heavy atom. The average molecular weight is 266 g/mol. The monoisotopic (exact) mass is 265 g/mol. The molecule has 1 atom stereocenters. The molecule has 2 N–H and O–H groups in total. The summed E-state index contributed by atoms with van der Waals surface area (Å²) in [4.78, 5) is 1.07. The first kappa shape index (κ1) is 12.6. The molecule has 0 aliphatic rings. The molecule has 90 valence electrons. The lowest BCUT2D eigenvalue weighted by Crippen LogP contribution is -2.12. The van der Waals surface area contributed by atoms with E-state index in [9.17, 15) is 0 Å². The Morgan fingerprint density at radius 2 is 2.00 bits per heavy atom. The maximum absolute atomic E-state index is 6.19. The third-order valence-corrected chi connectivity index (χ3v) is 4.50. The zero-order valence-corrected chi connectivity index (χ0v) is 11.6. The van der Waals surface area contributed by atoms with Crippen LogP contribution in [0.25, 0.3) is 0 Å². The Labute approximate surface area is 111 Å². The molecule has 2 rings (SSSR count). The standard InChI is InChI=1S/C14H16ClNS/c1-9-3-4-11(7-10(9)2)8-13(16)14-12(15)5-6-17-14/h3-7,13H,8,16H2,1-2H3. The lowest BCUT2D eigenvalue weighted by Gasteiger charge is -2.12. The lowest BCUT2D eigenvalue weighted by atomic mass is 10.0. The van der Waals surface area contributed by atoms with E-state index >= 15 is 0 Å². The Kier molecular flexibility index (Phi) is 3.87. The zero-order valence-electron chi connectivity index (χ0n) is 10.0. The van der Waals surface area contributed by atoms with Crippen molar-refractivity contribution in [1.82, 2.24) is 0 Å². The van der Waals surface area contributed by atoms with Crippen LogP contribution in [0.1, 0.15) is 27.6 Å². The molecule has 17 heavy (non-hydrogen) atoms. The summed E-state index contributed by atoms with van der Waals surface area (Å²) in [6.45, 7) is 4.25. The first-order chi connectivity index (χ1) is 8.08. The summed E-state index contributed by atoms with van der Waals surface area (Å²) in [5.74, 6) is 0. The van der Waals surface area contributed by atoms with Gasteiger partial charge in [0.15, 0.2) is 0 Å². The highest BCUT2D eigenvalue weighted by atomic mass is 35.5. The van der Waals surface area contributed by atoms with Crippen molar-refractivity contribution in [3.05, 3.63) is 56.2 Å². The molecule has 0 aliphatic carbocycles. The van der Waals surface area contributed by atoms with Crippen LogP contribution in [0.5, 0.6) is 0 Å². The lowest BCUT2D eigenvalue weighted by molar-refractivity contribution is 0.736. The second kappa shape index (κ2) is 5.21. The normalized spacial score (nSPS) is 12.7. The van der Waals surface area contributed by atoms with Gasteiger partial charge in [-0.15, -0.1) is 11.3 Å². The van der Waals surface area contributed by atoms with Crippen LogP contribution in [0.4, 0.5) is 0 Å². The molecule has 0 saturated heterocycles. The van der Waals surface area contributed by atoms with Gasteiger partial charge in [-0.3, -0.25) is 0 Å². The third-order valence-electron chi connectivity index (χ3n) is 3.01. The van der Waals surface area contributed by atoms with Crippen molar-refractivity contribution in [1.29, 1.82) is 0 Å². The summed E-state index contributed by atoms with van der Waals surface area (Å²) in [7, 11) is 0. The minimum absolute atomic E-state index is 0.00962. The first-order valence-corrected chi connectivity index (χ1v) is 6.88. The summed E-state index contributed by atoms with van der Waals surface area (Å²) >= 11 is 7.72. The van der Waals surface area contributed by atoms with Crippen LogP contribution in [-0.2, 0) is 6.42 Å². The van der Waals surface area contributed by atoms with Gasteiger partial charge in [0.2, 0.25) is 0 Å². The van der Waals surface area contributed by atoms with Gasteiger partial charge >= 0.3 is 0 Å². The highest BCUT2D eigenvalue weighted by molar-refractivity contribution is 7.10. The van der Waals surface area contributed by atoms with Crippen molar-refractivity contribution >= 4 is 22.9 Å². The van der Waals surface area contributed by atoms with Crippen LogP contribution in [0.15, 0.2) is 29.6 Å². The fourth-order valence-electron chi connectivity index (χ4n) is 1.85. The van der Waals surface area contributed by atoms with Crippen LogP contribution in [0, 0.1) is 13.8 Å². The number of thiophene rings is 1. The van der Waals surface area contributed by atoms with Crippen molar-refractivity contribution in [2.45, 2.75) is 26.3 Å². The smallest absolute Gasteiger partial charge is 0.0561 e. The Hall–Kier alpha value is -0.830. The van der Waals surface area contributed by atoms with Gasteiger partial charge in [0, 0.05) is 10.9 Å². The molecule has 0 fully saturated rings. The highest BCUT2D eigenvalue weighted by Crippen LogP contribution is 2.29. The number of hydrogen-bond acceptors (Lipinski definition) is 2. The molecule has 0 amide bonds. The van der Waals surface area contributed by atoms with Crippen molar-refractivity contribution in [2.75, 3.05) is 0 Å². The van der Waals surface area contributed by atoms with Crippen molar-refractivity contribution in [3.63, 3.8) is 0 Å². The fraction of sp³-hybridized carbons (Fsp3) is 0.286. The molecule has 3 heteroatoms. The van der Waals surface area contributed by atoms with E-state index in [0.717, 1.165) is 16.3 Å². The maximum atomic E-state index is 6.19. The quantitative estimate of drug-likeness (QED) is 0.882. The molecule has 0 aliphatic heterocycles. The molecule has 0 bridgehead atoms.